The van der Waals surface area contributed by atoms with Crippen molar-refractivity contribution in [1.29, 1.82) is 0 Å². The van der Waals surface area contributed by atoms with Crippen LogP contribution in [0.1, 0.15) is 30.8 Å². The molecule has 0 spiro atoms. The number of sulfonamides is 1. The summed E-state index contributed by atoms with van der Waals surface area (Å²) in [5, 5.41) is 8.91. The van der Waals surface area contributed by atoms with Crippen LogP contribution in [0.15, 0.2) is 17.3 Å². The summed E-state index contributed by atoms with van der Waals surface area (Å²) in [6.07, 6.45) is 3.39. The normalized spacial score (nSPS) is 17.1. The van der Waals surface area contributed by atoms with E-state index in [0.29, 0.717) is 30.2 Å². The van der Waals surface area contributed by atoms with Gasteiger partial charge in [-0.3, -0.25) is 14.2 Å². The third-order valence-electron chi connectivity index (χ3n) is 5.07. The van der Waals surface area contributed by atoms with Crippen LogP contribution in [0.4, 0.5) is 0 Å². The number of hydrogen-bond donors (Lipinski definition) is 0. The van der Waals surface area contributed by atoms with Crippen LogP contribution < -0.4 is 0 Å². The van der Waals surface area contributed by atoms with E-state index in [2.05, 4.69) is 10.2 Å². The molecule has 0 N–H and O–H groups in total. The fourth-order valence-corrected chi connectivity index (χ4v) is 4.97. The average molecular weight is 429 g/mol. The summed E-state index contributed by atoms with van der Waals surface area (Å²) >= 11 is 6.23. The summed E-state index contributed by atoms with van der Waals surface area (Å²) in [5.41, 5.74) is 1.45. The second kappa shape index (κ2) is 7.84. The Bertz CT molecular complexity index is 975. The first-order valence-electron chi connectivity index (χ1n) is 9.15. The van der Waals surface area contributed by atoms with Crippen LogP contribution in [0, 0.1) is 13.8 Å². The Kier molecular flexibility index (Phi) is 5.83. The fraction of sp³-hybridized carbons (Fsp3) is 0.588. The molecular formula is C17H25ClN6O3S. The van der Waals surface area contributed by atoms with Crippen molar-refractivity contribution in [2.75, 3.05) is 26.2 Å². The zero-order chi connectivity index (χ0) is 20.6. The van der Waals surface area contributed by atoms with E-state index in [1.165, 1.54) is 21.4 Å². The van der Waals surface area contributed by atoms with Gasteiger partial charge in [-0.2, -0.15) is 14.5 Å². The van der Waals surface area contributed by atoms with E-state index in [-0.39, 0.29) is 23.9 Å². The van der Waals surface area contributed by atoms with Gasteiger partial charge in [-0.05, 0) is 20.3 Å². The average Bonchev–Trinajstić information content (AvgIpc) is 3.22. The van der Waals surface area contributed by atoms with Gasteiger partial charge in [0.05, 0.1) is 22.6 Å². The van der Waals surface area contributed by atoms with Gasteiger partial charge in [0.2, 0.25) is 15.9 Å². The van der Waals surface area contributed by atoms with E-state index in [4.69, 9.17) is 11.6 Å². The minimum atomic E-state index is -3.60. The molecule has 154 valence electrons. The molecule has 1 fully saturated rings. The van der Waals surface area contributed by atoms with Crippen LogP contribution in [0.5, 0.6) is 0 Å². The minimum absolute atomic E-state index is 0.0665. The summed E-state index contributed by atoms with van der Waals surface area (Å²) in [4.78, 5) is 14.9. The van der Waals surface area contributed by atoms with Gasteiger partial charge < -0.3 is 4.90 Å². The molecule has 2 aromatic rings. The van der Waals surface area contributed by atoms with Crippen molar-refractivity contribution in [2.24, 2.45) is 7.05 Å². The number of rotatable bonds is 5. The number of nitrogens with zero attached hydrogens (tertiary/aromatic N) is 6. The molecule has 0 radical (unpaired) electrons. The zero-order valence-corrected chi connectivity index (χ0v) is 18.0. The topological polar surface area (TPSA) is 93.3 Å². The summed E-state index contributed by atoms with van der Waals surface area (Å²) in [7, 11) is -1.93. The number of carbonyl (C=O) groups is 1. The van der Waals surface area contributed by atoms with Gasteiger partial charge in [0.25, 0.3) is 0 Å². The summed E-state index contributed by atoms with van der Waals surface area (Å²) < 4.78 is 30.0. The van der Waals surface area contributed by atoms with Crippen LogP contribution in [0.25, 0.3) is 0 Å². The van der Waals surface area contributed by atoms with Crippen molar-refractivity contribution in [3.63, 3.8) is 0 Å². The maximum absolute atomic E-state index is 13.1. The first kappa shape index (κ1) is 20.8. The lowest BCUT2D eigenvalue weighted by Crippen LogP contribution is -2.52. The van der Waals surface area contributed by atoms with Crippen molar-refractivity contribution in [2.45, 2.75) is 38.1 Å². The summed E-state index contributed by atoms with van der Waals surface area (Å²) in [5.74, 6) is -0.0665. The molecule has 1 aliphatic heterocycles. The highest BCUT2D eigenvalue weighted by Crippen LogP contribution is 2.26. The first-order valence-corrected chi connectivity index (χ1v) is 11.0. The number of aromatic nitrogens is 4. The highest BCUT2D eigenvalue weighted by Gasteiger charge is 2.34. The number of aryl methyl sites for hydroxylation is 2. The third-order valence-corrected chi connectivity index (χ3v) is 7.47. The minimum Gasteiger partial charge on any atom is -0.338 e. The van der Waals surface area contributed by atoms with Crippen LogP contribution in [-0.2, 0) is 21.9 Å². The molecule has 3 rings (SSSR count). The van der Waals surface area contributed by atoms with Gasteiger partial charge in [-0.25, -0.2) is 8.42 Å². The molecule has 0 aromatic carbocycles. The van der Waals surface area contributed by atoms with Crippen molar-refractivity contribution >= 4 is 27.5 Å². The van der Waals surface area contributed by atoms with E-state index in [9.17, 15) is 13.2 Å². The number of hydrogen-bond acceptors (Lipinski definition) is 5. The second-order valence-corrected chi connectivity index (χ2v) is 9.25. The lowest BCUT2D eigenvalue weighted by atomic mass is 10.1. The monoisotopic (exact) mass is 428 g/mol. The van der Waals surface area contributed by atoms with Crippen LogP contribution in [0.3, 0.4) is 0 Å². The molecule has 11 heteroatoms. The smallest absolute Gasteiger partial charge is 0.247 e. The molecular weight excluding hydrogens is 404 g/mol. The molecule has 1 amide bonds. The maximum atomic E-state index is 13.1. The van der Waals surface area contributed by atoms with Crippen molar-refractivity contribution in [3.05, 3.63) is 28.8 Å². The lowest BCUT2D eigenvalue weighted by Gasteiger charge is -2.35. The first-order chi connectivity index (χ1) is 13.2. The highest BCUT2D eigenvalue weighted by molar-refractivity contribution is 7.89. The summed E-state index contributed by atoms with van der Waals surface area (Å²) in [6, 6.07) is -0.451. The van der Waals surface area contributed by atoms with E-state index < -0.39 is 16.1 Å². The Morgan fingerprint density at radius 3 is 2.36 bits per heavy atom. The number of amides is 1. The van der Waals surface area contributed by atoms with Gasteiger partial charge in [0, 0.05) is 39.4 Å². The Morgan fingerprint density at radius 1 is 1.25 bits per heavy atom. The van der Waals surface area contributed by atoms with Gasteiger partial charge in [0.1, 0.15) is 10.9 Å². The van der Waals surface area contributed by atoms with E-state index in [1.54, 1.807) is 16.6 Å². The molecule has 9 nitrogen and oxygen atoms in total. The van der Waals surface area contributed by atoms with Crippen LogP contribution in [-0.4, -0.2) is 69.3 Å². The predicted octanol–water partition coefficient (Wildman–Crippen LogP) is 1.37. The zero-order valence-electron chi connectivity index (χ0n) is 16.5. The quantitative estimate of drug-likeness (QED) is 0.717. The standard InChI is InChI=1S/C17H25ClN6O3S/c1-5-15(24-13(3)16(18)12(2)20-24)17(25)22-6-8-23(9-7-22)28(26,27)14-10-19-21(4)11-14/h10-11,15H,5-9H2,1-4H3. The van der Waals surface area contributed by atoms with Crippen molar-refractivity contribution in [3.8, 4) is 0 Å². The van der Waals surface area contributed by atoms with Gasteiger partial charge in [0.15, 0.2) is 0 Å². The predicted molar refractivity (Wildman–Crippen MR) is 105 cm³/mol. The number of halogens is 1. The molecule has 28 heavy (non-hydrogen) atoms. The van der Waals surface area contributed by atoms with E-state index in [1.807, 2.05) is 20.8 Å². The molecule has 1 aliphatic rings. The summed E-state index contributed by atoms with van der Waals surface area (Å²) in [6.45, 7) is 6.75. The molecule has 0 aliphatic carbocycles. The largest absolute Gasteiger partial charge is 0.338 e. The molecule has 0 bridgehead atoms. The molecule has 1 unspecified atom stereocenters. The Labute approximate surface area is 169 Å². The van der Waals surface area contributed by atoms with E-state index >= 15 is 0 Å². The van der Waals surface area contributed by atoms with Crippen molar-refractivity contribution < 1.29 is 13.2 Å². The molecule has 0 saturated carbocycles. The Hall–Kier alpha value is -1.91. The SMILES string of the molecule is CCC(C(=O)N1CCN(S(=O)(=O)c2cnn(C)c2)CC1)n1nc(C)c(Cl)c1C. The van der Waals surface area contributed by atoms with Gasteiger partial charge in [-0.15, -0.1) is 0 Å². The van der Waals surface area contributed by atoms with Gasteiger partial charge in [-0.1, -0.05) is 18.5 Å². The Morgan fingerprint density at radius 2 is 1.89 bits per heavy atom. The Balaban J connectivity index is 1.71. The fourth-order valence-electron chi connectivity index (χ4n) is 3.44. The molecule has 3 heterocycles. The molecule has 1 saturated heterocycles. The van der Waals surface area contributed by atoms with E-state index in [0.717, 1.165) is 5.69 Å². The molecule has 2 aromatic heterocycles. The highest BCUT2D eigenvalue weighted by atomic mass is 35.5. The third kappa shape index (κ3) is 3.68. The number of carbonyl (C=O) groups excluding carboxylic acids is 1. The maximum Gasteiger partial charge on any atom is 0.247 e. The van der Waals surface area contributed by atoms with Crippen LogP contribution >= 0.6 is 11.6 Å². The van der Waals surface area contributed by atoms with Crippen LogP contribution in [0.2, 0.25) is 5.02 Å². The van der Waals surface area contributed by atoms with Crippen molar-refractivity contribution in [1.82, 2.24) is 28.8 Å². The second-order valence-electron chi connectivity index (χ2n) is 6.93. The molecule has 1 atom stereocenters. The van der Waals surface area contributed by atoms with Gasteiger partial charge >= 0.3 is 0 Å². The lowest BCUT2D eigenvalue weighted by molar-refractivity contribution is -0.136. The number of piperazine rings is 1.